The first-order valence-corrected chi connectivity index (χ1v) is 6.43. The van der Waals surface area contributed by atoms with Crippen LogP contribution in [-0.4, -0.2) is 47.6 Å². The van der Waals surface area contributed by atoms with Crippen molar-refractivity contribution in [1.29, 1.82) is 0 Å². The second-order valence-electron chi connectivity index (χ2n) is 3.87. The number of hydrogen-bond acceptors (Lipinski definition) is 5. The molecular formula is C12H22FN5. The van der Waals surface area contributed by atoms with Crippen LogP contribution in [-0.2, 0) is 0 Å². The second kappa shape index (κ2) is 7.81. The molecular weight excluding hydrogens is 233 g/mol. The molecule has 1 aromatic rings. The van der Waals surface area contributed by atoms with Crippen LogP contribution in [0.4, 0.5) is 16.2 Å². The number of hydrogen-bond donors (Lipinski definition) is 2. The van der Waals surface area contributed by atoms with Crippen molar-refractivity contribution >= 4 is 11.8 Å². The summed E-state index contributed by atoms with van der Waals surface area (Å²) in [5, 5.41) is 5.96. The van der Waals surface area contributed by atoms with Gasteiger partial charge in [-0.1, -0.05) is 13.8 Å². The van der Waals surface area contributed by atoms with Gasteiger partial charge in [0.1, 0.15) is 0 Å². The third-order valence-corrected chi connectivity index (χ3v) is 2.69. The minimum Gasteiger partial charge on any atom is -0.366 e. The predicted molar refractivity (Wildman–Crippen MR) is 72.4 cm³/mol. The normalized spacial score (nSPS) is 10.7. The van der Waals surface area contributed by atoms with Gasteiger partial charge in [0.25, 0.3) is 0 Å². The van der Waals surface area contributed by atoms with E-state index in [4.69, 9.17) is 0 Å². The fraction of sp³-hybridized carbons (Fsp3) is 0.667. The molecule has 0 saturated heterocycles. The molecule has 6 heteroatoms. The number of halogens is 1. The van der Waals surface area contributed by atoms with E-state index in [0.29, 0.717) is 19.0 Å². The lowest BCUT2D eigenvalue weighted by Crippen LogP contribution is -2.29. The summed E-state index contributed by atoms with van der Waals surface area (Å²) >= 11 is 0. The standard InChI is InChI=1S/C12H22FN5/c1-4-14-12-16-9-10(13)11(17-12)15-7-8-18(5-2)6-3/h9H,4-8H2,1-3H3,(H2,14,15,16,17). The van der Waals surface area contributed by atoms with Crippen molar-refractivity contribution in [2.75, 3.05) is 43.4 Å². The van der Waals surface area contributed by atoms with E-state index in [2.05, 4.69) is 39.3 Å². The first-order chi connectivity index (χ1) is 8.71. The van der Waals surface area contributed by atoms with Gasteiger partial charge in [0, 0.05) is 19.6 Å². The van der Waals surface area contributed by atoms with Crippen LogP contribution in [0.15, 0.2) is 6.20 Å². The van der Waals surface area contributed by atoms with E-state index in [0.717, 1.165) is 19.6 Å². The molecule has 0 saturated carbocycles. The number of nitrogens with zero attached hydrogens (tertiary/aromatic N) is 3. The fourth-order valence-corrected chi connectivity index (χ4v) is 1.61. The van der Waals surface area contributed by atoms with E-state index in [1.807, 2.05) is 6.92 Å². The van der Waals surface area contributed by atoms with Crippen molar-refractivity contribution < 1.29 is 4.39 Å². The van der Waals surface area contributed by atoms with Crippen LogP contribution in [0.25, 0.3) is 0 Å². The Kier molecular flexibility index (Phi) is 6.35. The molecule has 0 aromatic carbocycles. The Bertz CT molecular complexity index is 354. The smallest absolute Gasteiger partial charge is 0.224 e. The van der Waals surface area contributed by atoms with Crippen molar-refractivity contribution in [3.8, 4) is 0 Å². The summed E-state index contributed by atoms with van der Waals surface area (Å²) < 4.78 is 13.5. The van der Waals surface area contributed by atoms with E-state index in [-0.39, 0.29) is 5.82 Å². The maximum atomic E-state index is 13.5. The largest absolute Gasteiger partial charge is 0.366 e. The number of anilines is 2. The van der Waals surface area contributed by atoms with Gasteiger partial charge in [-0.15, -0.1) is 0 Å². The van der Waals surface area contributed by atoms with Gasteiger partial charge in [0.05, 0.1) is 6.20 Å². The lowest BCUT2D eigenvalue weighted by atomic mass is 10.4. The van der Waals surface area contributed by atoms with Crippen LogP contribution in [0.3, 0.4) is 0 Å². The lowest BCUT2D eigenvalue weighted by molar-refractivity contribution is 0.315. The van der Waals surface area contributed by atoms with E-state index in [9.17, 15) is 4.39 Å². The van der Waals surface area contributed by atoms with Crippen LogP contribution >= 0.6 is 0 Å². The molecule has 0 aliphatic carbocycles. The highest BCUT2D eigenvalue weighted by atomic mass is 19.1. The van der Waals surface area contributed by atoms with E-state index >= 15 is 0 Å². The predicted octanol–water partition coefficient (Wildman–Crippen LogP) is 1.80. The summed E-state index contributed by atoms with van der Waals surface area (Å²) in [6.07, 6.45) is 1.19. The molecule has 1 heterocycles. The zero-order valence-corrected chi connectivity index (χ0v) is 11.3. The van der Waals surface area contributed by atoms with Crippen LogP contribution in [0.2, 0.25) is 0 Å². The quantitative estimate of drug-likeness (QED) is 0.742. The van der Waals surface area contributed by atoms with Crippen LogP contribution in [0.1, 0.15) is 20.8 Å². The number of aromatic nitrogens is 2. The van der Waals surface area contributed by atoms with Gasteiger partial charge in [0.15, 0.2) is 11.6 Å². The van der Waals surface area contributed by atoms with Crippen molar-refractivity contribution in [2.24, 2.45) is 0 Å². The molecule has 0 fully saturated rings. The summed E-state index contributed by atoms with van der Waals surface area (Å²) in [7, 11) is 0. The molecule has 1 rings (SSSR count). The first kappa shape index (κ1) is 14.6. The minimum atomic E-state index is -0.420. The minimum absolute atomic E-state index is 0.258. The Morgan fingerprint density at radius 2 is 1.94 bits per heavy atom. The summed E-state index contributed by atoms with van der Waals surface area (Å²) in [5.41, 5.74) is 0. The van der Waals surface area contributed by atoms with Crippen molar-refractivity contribution in [2.45, 2.75) is 20.8 Å². The zero-order chi connectivity index (χ0) is 13.4. The molecule has 2 N–H and O–H groups in total. The topological polar surface area (TPSA) is 53.1 Å². The third kappa shape index (κ3) is 4.44. The first-order valence-electron chi connectivity index (χ1n) is 6.43. The molecule has 0 spiro atoms. The average Bonchev–Trinajstić information content (AvgIpc) is 2.38. The molecule has 0 bridgehead atoms. The summed E-state index contributed by atoms with van der Waals surface area (Å²) in [6.45, 7) is 10.4. The SMILES string of the molecule is CCNc1ncc(F)c(NCCN(CC)CC)n1. The third-order valence-electron chi connectivity index (χ3n) is 2.69. The Labute approximate surface area is 108 Å². The van der Waals surface area contributed by atoms with E-state index in [1.165, 1.54) is 6.20 Å². The summed E-state index contributed by atoms with van der Waals surface area (Å²) in [6, 6.07) is 0. The van der Waals surface area contributed by atoms with Crippen molar-refractivity contribution in [3.63, 3.8) is 0 Å². The van der Waals surface area contributed by atoms with Gasteiger partial charge in [0.2, 0.25) is 5.95 Å². The van der Waals surface area contributed by atoms with E-state index in [1.54, 1.807) is 0 Å². The monoisotopic (exact) mass is 255 g/mol. The maximum Gasteiger partial charge on any atom is 0.224 e. The highest BCUT2D eigenvalue weighted by Crippen LogP contribution is 2.11. The Balaban J connectivity index is 2.52. The average molecular weight is 255 g/mol. The van der Waals surface area contributed by atoms with Crippen LogP contribution in [0.5, 0.6) is 0 Å². The molecule has 0 amide bonds. The van der Waals surface area contributed by atoms with Crippen molar-refractivity contribution in [1.82, 2.24) is 14.9 Å². The van der Waals surface area contributed by atoms with Gasteiger partial charge in [-0.2, -0.15) is 4.98 Å². The lowest BCUT2D eigenvalue weighted by Gasteiger charge is -2.18. The summed E-state index contributed by atoms with van der Waals surface area (Å²) in [4.78, 5) is 10.2. The van der Waals surface area contributed by atoms with E-state index < -0.39 is 5.82 Å². The Morgan fingerprint density at radius 3 is 2.56 bits per heavy atom. The van der Waals surface area contributed by atoms with Gasteiger partial charge in [-0.25, -0.2) is 9.37 Å². The van der Waals surface area contributed by atoms with Crippen LogP contribution < -0.4 is 10.6 Å². The van der Waals surface area contributed by atoms with Crippen LogP contribution in [0, 0.1) is 5.82 Å². The highest BCUT2D eigenvalue weighted by molar-refractivity contribution is 5.40. The van der Waals surface area contributed by atoms with Gasteiger partial charge < -0.3 is 15.5 Å². The van der Waals surface area contributed by atoms with Gasteiger partial charge >= 0.3 is 0 Å². The van der Waals surface area contributed by atoms with Crippen molar-refractivity contribution in [3.05, 3.63) is 12.0 Å². The Morgan fingerprint density at radius 1 is 1.22 bits per heavy atom. The summed E-state index contributed by atoms with van der Waals surface area (Å²) in [5.74, 6) is 0.286. The van der Waals surface area contributed by atoms with Gasteiger partial charge in [-0.05, 0) is 20.0 Å². The molecule has 0 unspecified atom stereocenters. The maximum absolute atomic E-state index is 13.5. The van der Waals surface area contributed by atoms with Gasteiger partial charge in [-0.3, -0.25) is 0 Å². The molecule has 18 heavy (non-hydrogen) atoms. The number of rotatable bonds is 8. The zero-order valence-electron chi connectivity index (χ0n) is 11.3. The molecule has 0 radical (unpaired) electrons. The fourth-order valence-electron chi connectivity index (χ4n) is 1.61. The second-order valence-corrected chi connectivity index (χ2v) is 3.87. The highest BCUT2D eigenvalue weighted by Gasteiger charge is 2.06. The number of nitrogens with one attached hydrogen (secondary N) is 2. The number of likely N-dealkylation sites (N-methyl/N-ethyl adjacent to an activating group) is 1. The molecule has 102 valence electrons. The Hall–Kier alpha value is -1.43. The molecule has 1 aromatic heterocycles. The molecule has 0 aliphatic rings. The molecule has 5 nitrogen and oxygen atoms in total. The molecule has 0 atom stereocenters. The molecule has 0 aliphatic heterocycles.